The Bertz CT molecular complexity index is 1100. The summed E-state index contributed by atoms with van der Waals surface area (Å²) in [6.45, 7) is 1.82. The van der Waals surface area contributed by atoms with Crippen LogP contribution in [-0.2, 0) is 17.8 Å². The van der Waals surface area contributed by atoms with Crippen LogP contribution in [0.2, 0.25) is 0 Å². The zero-order valence-electron chi connectivity index (χ0n) is 17.5. The average molecular weight is 437 g/mol. The van der Waals surface area contributed by atoms with Crippen LogP contribution in [0.3, 0.4) is 0 Å². The van der Waals surface area contributed by atoms with E-state index in [9.17, 15) is 19.1 Å². The maximum Gasteiger partial charge on any atom is 0.275 e. The number of carbonyl (C=O) groups excluding carboxylic acids is 2. The number of benzene rings is 2. The fourth-order valence-electron chi connectivity index (χ4n) is 3.64. The number of rotatable bonds is 6. The number of nitrogens with one attached hydrogen (secondary N) is 1. The molecule has 0 atom stereocenters. The van der Waals surface area contributed by atoms with Crippen molar-refractivity contribution in [3.05, 3.63) is 71.4 Å². The number of nitrogens with zero attached hydrogens (tertiary/aromatic N) is 2. The second-order valence-corrected chi connectivity index (χ2v) is 7.83. The maximum atomic E-state index is 13.4. The second kappa shape index (κ2) is 9.64. The summed E-state index contributed by atoms with van der Waals surface area (Å²) in [7, 11) is 0. The minimum Gasteiger partial charge on any atom is -0.505 e. The van der Waals surface area contributed by atoms with Gasteiger partial charge in [-0.15, -0.1) is 0 Å². The average Bonchev–Trinajstić information content (AvgIpc) is 3.31. The first-order valence-electron chi connectivity index (χ1n) is 10.6. The number of amides is 2. The largest absolute Gasteiger partial charge is 0.505 e. The lowest BCUT2D eigenvalue weighted by molar-refractivity contribution is -0.120. The van der Waals surface area contributed by atoms with Crippen molar-refractivity contribution in [2.45, 2.75) is 32.2 Å². The minimum absolute atomic E-state index is 0.0133. The van der Waals surface area contributed by atoms with E-state index < -0.39 is 11.6 Å². The number of phenolic OH excluding ortho intramolecular Hbond substituents is 1. The van der Waals surface area contributed by atoms with Gasteiger partial charge in [-0.1, -0.05) is 18.2 Å². The van der Waals surface area contributed by atoms with Crippen LogP contribution in [0.4, 0.5) is 4.39 Å². The summed E-state index contributed by atoms with van der Waals surface area (Å²) in [4.78, 5) is 30.8. The molecule has 0 unspecified atom stereocenters. The number of piperidine rings is 1. The monoisotopic (exact) mass is 437 g/mol. The van der Waals surface area contributed by atoms with Crippen LogP contribution in [0, 0.1) is 5.82 Å². The molecule has 2 N–H and O–H groups in total. The van der Waals surface area contributed by atoms with Crippen molar-refractivity contribution < 1.29 is 23.5 Å². The Morgan fingerprint density at radius 1 is 1.06 bits per heavy atom. The summed E-state index contributed by atoms with van der Waals surface area (Å²) in [6.07, 6.45) is 4.59. The molecule has 0 radical (unpaired) electrons. The van der Waals surface area contributed by atoms with E-state index >= 15 is 0 Å². The highest BCUT2D eigenvalue weighted by Gasteiger charge is 2.21. The van der Waals surface area contributed by atoms with Gasteiger partial charge < -0.3 is 19.7 Å². The first kappa shape index (κ1) is 21.5. The summed E-state index contributed by atoms with van der Waals surface area (Å²) >= 11 is 0. The van der Waals surface area contributed by atoms with Crippen LogP contribution in [0.25, 0.3) is 11.5 Å². The molecule has 1 aliphatic rings. The molecule has 2 heterocycles. The van der Waals surface area contributed by atoms with Gasteiger partial charge >= 0.3 is 0 Å². The minimum atomic E-state index is -0.752. The molecule has 2 aromatic carbocycles. The maximum absolute atomic E-state index is 13.4. The Morgan fingerprint density at radius 2 is 1.78 bits per heavy atom. The topological polar surface area (TPSA) is 95.7 Å². The number of halogens is 1. The molecule has 0 saturated carbocycles. The van der Waals surface area contributed by atoms with Gasteiger partial charge in [0.2, 0.25) is 11.8 Å². The lowest BCUT2D eigenvalue weighted by Gasteiger charge is -2.25. The normalized spacial score (nSPS) is 13.7. The van der Waals surface area contributed by atoms with Crippen LogP contribution in [-0.4, -0.2) is 39.9 Å². The molecule has 3 aromatic rings. The van der Waals surface area contributed by atoms with Crippen LogP contribution in [0.15, 0.2) is 53.1 Å². The highest BCUT2D eigenvalue weighted by molar-refractivity contribution is 5.92. The van der Waals surface area contributed by atoms with Gasteiger partial charge in [0.05, 0.1) is 6.42 Å². The van der Waals surface area contributed by atoms with Crippen molar-refractivity contribution in [3.8, 4) is 17.2 Å². The third-order valence-corrected chi connectivity index (χ3v) is 5.43. The van der Waals surface area contributed by atoms with E-state index in [0.29, 0.717) is 23.7 Å². The van der Waals surface area contributed by atoms with Crippen LogP contribution in [0.5, 0.6) is 5.75 Å². The van der Waals surface area contributed by atoms with Crippen LogP contribution in [0.1, 0.15) is 40.9 Å². The van der Waals surface area contributed by atoms with Gasteiger partial charge in [-0.3, -0.25) is 9.59 Å². The third kappa shape index (κ3) is 5.14. The van der Waals surface area contributed by atoms with Gasteiger partial charge in [-0.05, 0) is 54.7 Å². The fourth-order valence-corrected chi connectivity index (χ4v) is 3.64. The molecule has 0 spiro atoms. The number of oxazole rings is 1. The molecule has 4 rings (SSSR count). The van der Waals surface area contributed by atoms with Crippen molar-refractivity contribution >= 4 is 11.8 Å². The number of likely N-dealkylation sites (tertiary alicyclic amines) is 1. The van der Waals surface area contributed by atoms with Crippen molar-refractivity contribution in [3.63, 3.8) is 0 Å². The van der Waals surface area contributed by atoms with Crippen molar-refractivity contribution in [2.75, 3.05) is 13.1 Å². The molecule has 8 heteroatoms. The zero-order valence-corrected chi connectivity index (χ0v) is 17.5. The molecule has 1 fully saturated rings. The number of aromatic nitrogens is 1. The lowest BCUT2D eigenvalue weighted by atomic mass is 10.1. The Labute approximate surface area is 184 Å². The number of aromatic hydroxyl groups is 1. The Kier molecular flexibility index (Phi) is 6.49. The smallest absolute Gasteiger partial charge is 0.275 e. The molecule has 1 aliphatic heterocycles. The summed E-state index contributed by atoms with van der Waals surface area (Å²) in [5.41, 5.74) is 2.39. The molecule has 0 bridgehead atoms. The molecule has 7 nitrogen and oxygen atoms in total. The molecule has 1 saturated heterocycles. The molecule has 166 valence electrons. The number of hydrogen-bond donors (Lipinski definition) is 2. The second-order valence-electron chi connectivity index (χ2n) is 7.83. The van der Waals surface area contributed by atoms with E-state index in [0.717, 1.165) is 49.5 Å². The van der Waals surface area contributed by atoms with Gasteiger partial charge in [-0.25, -0.2) is 9.37 Å². The van der Waals surface area contributed by atoms with Crippen LogP contribution >= 0.6 is 0 Å². The Balaban J connectivity index is 1.32. The van der Waals surface area contributed by atoms with Gasteiger partial charge in [0.1, 0.15) is 6.26 Å². The summed E-state index contributed by atoms with van der Waals surface area (Å²) in [5, 5.41) is 12.0. The molecular formula is C24H24FN3O4. The van der Waals surface area contributed by atoms with E-state index in [-0.39, 0.29) is 18.2 Å². The summed E-state index contributed by atoms with van der Waals surface area (Å²) < 4.78 is 18.9. The van der Waals surface area contributed by atoms with Crippen molar-refractivity contribution in [2.24, 2.45) is 0 Å². The van der Waals surface area contributed by atoms with Crippen LogP contribution < -0.4 is 5.32 Å². The zero-order chi connectivity index (χ0) is 22.5. The van der Waals surface area contributed by atoms with Gasteiger partial charge in [-0.2, -0.15) is 0 Å². The lowest BCUT2D eigenvalue weighted by Crippen LogP contribution is -2.35. The standard InChI is InChI=1S/C24H24FN3O4/c25-19-12-17(6-9-21(19)29)13-22(30)26-14-16-4-7-18(8-5-16)23-27-20(15-32-23)24(31)28-10-2-1-3-11-28/h4-9,12,15,29H,1-3,10-11,13-14H2,(H,26,30). The quantitative estimate of drug-likeness (QED) is 0.614. The number of hydrogen-bond acceptors (Lipinski definition) is 5. The molecule has 32 heavy (non-hydrogen) atoms. The Morgan fingerprint density at radius 3 is 2.50 bits per heavy atom. The Hall–Kier alpha value is -3.68. The van der Waals surface area contributed by atoms with E-state index in [2.05, 4.69) is 10.3 Å². The van der Waals surface area contributed by atoms with E-state index in [1.54, 1.807) is 0 Å². The number of phenols is 1. The molecule has 2 amide bonds. The highest BCUT2D eigenvalue weighted by Crippen LogP contribution is 2.21. The number of carbonyl (C=O) groups is 2. The van der Waals surface area contributed by atoms with Crippen molar-refractivity contribution in [1.29, 1.82) is 0 Å². The van der Waals surface area contributed by atoms with Crippen molar-refractivity contribution in [1.82, 2.24) is 15.2 Å². The van der Waals surface area contributed by atoms with E-state index in [4.69, 9.17) is 4.42 Å². The van der Waals surface area contributed by atoms with Gasteiger partial charge in [0.15, 0.2) is 17.3 Å². The summed E-state index contributed by atoms with van der Waals surface area (Å²) in [6, 6.07) is 11.2. The van der Waals surface area contributed by atoms with E-state index in [1.165, 1.54) is 18.4 Å². The van der Waals surface area contributed by atoms with Gasteiger partial charge in [0.25, 0.3) is 5.91 Å². The van der Waals surface area contributed by atoms with E-state index in [1.807, 2.05) is 29.2 Å². The predicted molar refractivity (Wildman–Crippen MR) is 115 cm³/mol. The third-order valence-electron chi connectivity index (χ3n) is 5.43. The molecule has 0 aliphatic carbocycles. The molecular weight excluding hydrogens is 413 g/mol. The fraction of sp³-hybridized carbons (Fsp3) is 0.292. The predicted octanol–water partition coefficient (Wildman–Crippen LogP) is 3.67. The SMILES string of the molecule is O=C(Cc1ccc(O)c(F)c1)NCc1ccc(-c2nc(C(=O)N3CCCCC3)co2)cc1. The van der Waals surface area contributed by atoms with Gasteiger partial charge in [0, 0.05) is 25.2 Å². The first-order chi connectivity index (χ1) is 15.5. The molecule has 1 aromatic heterocycles. The highest BCUT2D eigenvalue weighted by atomic mass is 19.1. The first-order valence-corrected chi connectivity index (χ1v) is 10.6. The summed E-state index contributed by atoms with van der Waals surface area (Å²) in [5.74, 6) is -1.18.